The van der Waals surface area contributed by atoms with E-state index in [1.54, 1.807) is 12.1 Å². The van der Waals surface area contributed by atoms with E-state index in [1.165, 1.54) is 23.5 Å². The Hall–Kier alpha value is -1.70. The van der Waals surface area contributed by atoms with E-state index in [0.29, 0.717) is 11.5 Å². The molecule has 0 aliphatic rings. The monoisotopic (exact) mass is 366 g/mol. The van der Waals surface area contributed by atoms with E-state index in [2.05, 4.69) is 10.0 Å². The summed E-state index contributed by atoms with van der Waals surface area (Å²) in [5, 5.41) is 4.77. The summed E-state index contributed by atoms with van der Waals surface area (Å²) < 4.78 is 27.3. The standard InChI is InChI=1S/C17H22N2O3S2/c1-12(2)13(3)19-17(20)14-6-4-8-16(10-14)24(21,22)18-11-15-7-5-9-23-15/h4-10,12-13,18H,11H2,1-3H3,(H,19,20). The van der Waals surface area contributed by atoms with Gasteiger partial charge in [-0.25, -0.2) is 13.1 Å². The summed E-state index contributed by atoms with van der Waals surface area (Å²) in [6, 6.07) is 9.82. The van der Waals surface area contributed by atoms with E-state index < -0.39 is 10.0 Å². The SMILES string of the molecule is CC(C)C(C)NC(=O)c1cccc(S(=O)(=O)NCc2cccs2)c1. The Morgan fingerprint density at radius 1 is 1.17 bits per heavy atom. The summed E-state index contributed by atoms with van der Waals surface area (Å²) in [7, 11) is -3.66. The van der Waals surface area contributed by atoms with Crippen molar-refractivity contribution < 1.29 is 13.2 Å². The van der Waals surface area contributed by atoms with E-state index in [0.717, 1.165) is 4.88 Å². The lowest BCUT2D eigenvalue weighted by Gasteiger charge is -2.17. The van der Waals surface area contributed by atoms with Crippen molar-refractivity contribution in [1.82, 2.24) is 10.0 Å². The third-order valence-electron chi connectivity index (χ3n) is 3.78. The molecular weight excluding hydrogens is 344 g/mol. The van der Waals surface area contributed by atoms with Gasteiger partial charge >= 0.3 is 0 Å². The molecule has 0 spiro atoms. The second kappa shape index (κ2) is 7.92. The molecule has 1 aromatic heterocycles. The van der Waals surface area contributed by atoms with Crippen LogP contribution < -0.4 is 10.0 Å². The van der Waals surface area contributed by atoms with Crippen LogP contribution in [0.2, 0.25) is 0 Å². The zero-order valence-corrected chi connectivity index (χ0v) is 15.6. The highest BCUT2D eigenvalue weighted by molar-refractivity contribution is 7.89. The largest absolute Gasteiger partial charge is 0.349 e. The van der Waals surface area contributed by atoms with Crippen LogP contribution >= 0.6 is 11.3 Å². The third-order valence-corrected chi connectivity index (χ3v) is 6.06. The topological polar surface area (TPSA) is 75.3 Å². The van der Waals surface area contributed by atoms with E-state index >= 15 is 0 Å². The molecule has 0 saturated carbocycles. The van der Waals surface area contributed by atoms with Crippen LogP contribution in [0.3, 0.4) is 0 Å². The van der Waals surface area contributed by atoms with Crippen LogP contribution in [-0.2, 0) is 16.6 Å². The highest BCUT2D eigenvalue weighted by Gasteiger charge is 2.17. The Kier molecular flexibility index (Phi) is 6.15. The van der Waals surface area contributed by atoms with Gasteiger partial charge in [0.1, 0.15) is 0 Å². The second-order valence-corrected chi connectivity index (χ2v) is 8.74. The Balaban J connectivity index is 2.12. The van der Waals surface area contributed by atoms with Gasteiger partial charge in [-0.15, -0.1) is 11.3 Å². The number of sulfonamides is 1. The summed E-state index contributed by atoms with van der Waals surface area (Å²) in [6.07, 6.45) is 0. The number of carbonyl (C=O) groups excluding carboxylic acids is 1. The van der Waals surface area contributed by atoms with Gasteiger partial charge in [-0.05, 0) is 42.5 Å². The van der Waals surface area contributed by atoms with Crippen molar-refractivity contribution in [3.05, 3.63) is 52.2 Å². The summed E-state index contributed by atoms with van der Waals surface area (Å²) in [6.45, 7) is 6.19. The normalized spacial score (nSPS) is 13.0. The Morgan fingerprint density at radius 2 is 1.92 bits per heavy atom. The fourth-order valence-corrected chi connectivity index (χ4v) is 3.71. The molecule has 0 bridgehead atoms. The van der Waals surface area contributed by atoms with Crippen molar-refractivity contribution in [3.8, 4) is 0 Å². The number of rotatable bonds is 7. The molecule has 2 N–H and O–H groups in total. The molecule has 0 aliphatic carbocycles. The molecular formula is C17H22N2O3S2. The Morgan fingerprint density at radius 3 is 2.54 bits per heavy atom. The van der Waals surface area contributed by atoms with Crippen molar-refractivity contribution in [3.63, 3.8) is 0 Å². The predicted molar refractivity (Wildman–Crippen MR) is 96.6 cm³/mol. The first-order valence-corrected chi connectivity index (χ1v) is 10.1. The first-order valence-electron chi connectivity index (χ1n) is 7.72. The summed E-state index contributed by atoms with van der Waals surface area (Å²) in [4.78, 5) is 13.3. The van der Waals surface area contributed by atoms with Crippen molar-refractivity contribution in [2.45, 2.75) is 38.3 Å². The van der Waals surface area contributed by atoms with Crippen LogP contribution in [0.1, 0.15) is 36.0 Å². The summed E-state index contributed by atoms with van der Waals surface area (Å²) >= 11 is 1.49. The number of thiophene rings is 1. The average Bonchev–Trinajstić information content (AvgIpc) is 3.06. The molecule has 1 heterocycles. The van der Waals surface area contributed by atoms with Crippen molar-refractivity contribution in [2.75, 3.05) is 0 Å². The first-order chi connectivity index (χ1) is 11.3. The van der Waals surface area contributed by atoms with E-state index in [1.807, 2.05) is 38.3 Å². The van der Waals surface area contributed by atoms with Crippen LogP contribution in [0.15, 0.2) is 46.7 Å². The van der Waals surface area contributed by atoms with Crippen molar-refractivity contribution >= 4 is 27.3 Å². The molecule has 2 rings (SSSR count). The first kappa shape index (κ1) is 18.6. The van der Waals surface area contributed by atoms with E-state index in [-0.39, 0.29) is 23.4 Å². The molecule has 130 valence electrons. The van der Waals surface area contributed by atoms with Crippen molar-refractivity contribution in [2.24, 2.45) is 5.92 Å². The number of nitrogens with one attached hydrogen (secondary N) is 2. The maximum absolute atomic E-state index is 12.4. The smallest absolute Gasteiger partial charge is 0.251 e. The molecule has 1 atom stereocenters. The maximum Gasteiger partial charge on any atom is 0.251 e. The van der Waals surface area contributed by atoms with Gasteiger partial charge in [0.25, 0.3) is 5.91 Å². The molecule has 0 saturated heterocycles. The van der Waals surface area contributed by atoms with Gasteiger partial charge in [-0.3, -0.25) is 4.79 Å². The Bertz CT molecular complexity index is 784. The maximum atomic E-state index is 12.4. The highest BCUT2D eigenvalue weighted by atomic mass is 32.2. The number of hydrogen-bond acceptors (Lipinski definition) is 4. The van der Waals surface area contributed by atoms with Crippen LogP contribution in [0.4, 0.5) is 0 Å². The van der Waals surface area contributed by atoms with Crippen LogP contribution in [-0.4, -0.2) is 20.4 Å². The molecule has 24 heavy (non-hydrogen) atoms. The van der Waals surface area contributed by atoms with Gasteiger partial charge in [0.2, 0.25) is 10.0 Å². The predicted octanol–water partition coefficient (Wildman–Crippen LogP) is 3.00. The third kappa shape index (κ3) is 4.90. The zero-order valence-electron chi connectivity index (χ0n) is 13.9. The number of amides is 1. The molecule has 5 nitrogen and oxygen atoms in total. The van der Waals surface area contributed by atoms with Crippen molar-refractivity contribution in [1.29, 1.82) is 0 Å². The minimum Gasteiger partial charge on any atom is -0.349 e. The lowest BCUT2D eigenvalue weighted by Crippen LogP contribution is -2.36. The van der Waals surface area contributed by atoms with Crippen LogP contribution in [0.25, 0.3) is 0 Å². The molecule has 0 aliphatic heterocycles. The van der Waals surface area contributed by atoms with Gasteiger partial charge in [-0.2, -0.15) is 0 Å². The molecule has 0 radical (unpaired) electrons. The van der Waals surface area contributed by atoms with Crippen LogP contribution in [0.5, 0.6) is 0 Å². The molecule has 2 aromatic rings. The summed E-state index contributed by atoms with van der Waals surface area (Å²) in [5.74, 6) is 0.0276. The lowest BCUT2D eigenvalue weighted by molar-refractivity contribution is 0.0930. The van der Waals surface area contributed by atoms with Gasteiger partial charge in [0.05, 0.1) is 4.90 Å². The summed E-state index contributed by atoms with van der Waals surface area (Å²) in [5.41, 5.74) is 0.335. The highest BCUT2D eigenvalue weighted by Crippen LogP contribution is 2.14. The fourth-order valence-electron chi connectivity index (χ4n) is 1.92. The molecule has 7 heteroatoms. The molecule has 1 aromatic carbocycles. The van der Waals surface area contributed by atoms with Gasteiger partial charge in [-0.1, -0.05) is 26.0 Å². The number of hydrogen-bond donors (Lipinski definition) is 2. The zero-order chi connectivity index (χ0) is 17.7. The number of carbonyl (C=O) groups is 1. The Labute approximate surface area is 147 Å². The fraction of sp³-hybridized carbons (Fsp3) is 0.353. The van der Waals surface area contributed by atoms with Gasteiger partial charge < -0.3 is 5.32 Å². The molecule has 1 amide bonds. The van der Waals surface area contributed by atoms with E-state index in [9.17, 15) is 13.2 Å². The molecule has 1 unspecified atom stereocenters. The molecule has 0 fully saturated rings. The van der Waals surface area contributed by atoms with E-state index in [4.69, 9.17) is 0 Å². The van der Waals surface area contributed by atoms with Crippen LogP contribution in [0, 0.1) is 5.92 Å². The van der Waals surface area contributed by atoms with Gasteiger partial charge in [0.15, 0.2) is 0 Å². The second-order valence-electron chi connectivity index (χ2n) is 5.94. The van der Waals surface area contributed by atoms with Gasteiger partial charge in [0, 0.05) is 23.0 Å². The minimum atomic E-state index is -3.66. The lowest BCUT2D eigenvalue weighted by atomic mass is 10.1. The quantitative estimate of drug-likeness (QED) is 0.791. The average molecular weight is 367 g/mol. The minimum absolute atomic E-state index is 0.00900. The number of benzene rings is 1.